The topological polar surface area (TPSA) is 14.2 Å². The van der Waals surface area contributed by atoms with Crippen LogP contribution in [0.1, 0.15) is 0 Å². The Morgan fingerprint density at radius 3 is 2.00 bits per heavy atom. The van der Waals surface area contributed by atoms with E-state index in [4.69, 9.17) is 4.74 Å². The first-order valence-corrected chi connectivity index (χ1v) is 15.8. The summed E-state index contributed by atoms with van der Waals surface area (Å²) >= 11 is 0. The molecule has 0 N–H and O–H groups in total. The number of ether oxygens (including phenoxy) is 1. The maximum Gasteiger partial charge on any atom is 0.135 e. The summed E-state index contributed by atoms with van der Waals surface area (Å²) in [5.74, 6) is 1.81. The van der Waals surface area contributed by atoms with E-state index in [1.807, 2.05) is 0 Å². The molecule has 1 aliphatic heterocycles. The zero-order valence-electron chi connectivity index (χ0n) is 24.9. The fraction of sp³-hybridized carbons (Fsp3) is 0. The van der Waals surface area contributed by atoms with Crippen molar-refractivity contribution in [2.24, 2.45) is 0 Å². The van der Waals surface area contributed by atoms with Gasteiger partial charge in [0.2, 0.25) is 0 Å². The smallest absolute Gasteiger partial charge is 0.135 e. The zero-order valence-corrected chi connectivity index (χ0v) is 24.9. The summed E-state index contributed by atoms with van der Waals surface area (Å²) in [6, 6.07) is 59.0. The number of hydrogen-bond acceptors (Lipinski definition) is 1. The normalized spacial score (nSPS) is 12.1. The monoisotopic (exact) mass is 585 g/mol. The minimum Gasteiger partial charge on any atom is -0.456 e. The van der Waals surface area contributed by atoms with Crippen LogP contribution in [-0.2, 0) is 0 Å². The van der Waals surface area contributed by atoms with Crippen LogP contribution in [0.2, 0.25) is 0 Å². The Labute approximate surface area is 266 Å². The molecule has 0 fully saturated rings. The molecule has 214 valence electrons. The van der Waals surface area contributed by atoms with E-state index in [0.717, 1.165) is 28.3 Å². The van der Waals surface area contributed by atoms with Crippen molar-refractivity contribution in [1.82, 2.24) is 4.57 Å². The van der Waals surface area contributed by atoms with Crippen LogP contribution in [0.15, 0.2) is 164 Å². The maximum atomic E-state index is 6.44. The van der Waals surface area contributed by atoms with E-state index >= 15 is 0 Å². The molecule has 0 bridgehead atoms. The summed E-state index contributed by atoms with van der Waals surface area (Å²) in [7, 11) is 0. The molecule has 9 aromatic rings. The first kappa shape index (κ1) is 25.2. The molecule has 1 aliphatic rings. The van der Waals surface area contributed by atoms with Crippen molar-refractivity contribution in [3.63, 3.8) is 0 Å². The zero-order chi connectivity index (χ0) is 30.2. The highest BCUT2D eigenvalue weighted by atomic mass is 16.5. The van der Waals surface area contributed by atoms with Crippen molar-refractivity contribution < 1.29 is 4.74 Å². The summed E-state index contributed by atoms with van der Waals surface area (Å²) in [4.78, 5) is 0. The SMILES string of the molecule is c1ccc(-c2ccccc2-n2c3ccccc3c3ccc4ccccc4c32)c(-c2ccc3c(c2)-c2cccc4cccc(c24)O3)c1. The van der Waals surface area contributed by atoms with Crippen molar-refractivity contribution in [3.8, 4) is 50.6 Å². The highest BCUT2D eigenvalue weighted by Crippen LogP contribution is 2.48. The summed E-state index contributed by atoms with van der Waals surface area (Å²) in [6.45, 7) is 0. The largest absolute Gasteiger partial charge is 0.456 e. The van der Waals surface area contributed by atoms with E-state index in [1.165, 1.54) is 65.6 Å². The van der Waals surface area contributed by atoms with E-state index in [-0.39, 0.29) is 0 Å². The van der Waals surface area contributed by atoms with E-state index in [9.17, 15) is 0 Å². The van der Waals surface area contributed by atoms with Gasteiger partial charge < -0.3 is 9.30 Å². The van der Waals surface area contributed by atoms with E-state index in [1.54, 1.807) is 0 Å². The molecule has 0 spiro atoms. The van der Waals surface area contributed by atoms with Gasteiger partial charge in [0.15, 0.2) is 0 Å². The number of rotatable bonds is 3. The molecular formula is C44H27NO. The molecule has 10 rings (SSSR count). The number of nitrogens with zero attached hydrogens (tertiary/aromatic N) is 1. The lowest BCUT2D eigenvalue weighted by Gasteiger charge is -2.22. The Morgan fingerprint density at radius 1 is 0.391 bits per heavy atom. The van der Waals surface area contributed by atoms with Crippen LogP contribution in [0.4, 0.5) is 0 Å². The van der Waals surface area contributed by atoms with Gasteiger partial charge in [-0.3, -0.25) is 0 Å². The van der Waals surface area contributed by atoms with Gasteiger partial charge in [-0.25, -0.2) is 0 Å². The van der Waals surface area contributed by atoms with Gasteiger partial charge in [0.25, 0.3) is 0 Å². The minimum atomic E-state index is 0.894. The molecule has 8 aromatic carbocycles. The molecule has 0 saturated heterocycles. The van der Waals surface area contributed by atoms with Gasteiger partial charge in [0, 0.05) is 32.7 Å². The van der Waals surface area contributed by atoms with E-state index < -0.39 is 0 Å². The predicted octanol–water partition coefficient (Wildman–Crippen LogP) is 12.2. The van der Waals surface area contributed by atoms with Crippen molar-refractivity contribution in [2.75, 3.05) is 0 Å². The van der Waals surface area contributed by atoms with Gasteiger partial charge in [-0.1, -0.05) is 133 Å². The second-order valence-corrected chi connectivity index (χ2v) is 12.1. The summed E-state index contributed by atoms with van der Waals surface area (Å²) in [6.07, 6.45) is 0. The van der Waals surface area contributed by atoms with Crippen molar-refractivity contribution in [3.05, 3.63) is 164 Å². The molecule has 0 atom stereocenters. The van der Waals surface area contributed by atoms with Crippen LogP contribution in [0.25, 0.3) is 82.4 Å². The van der Waals surface area contributed by atoms with Gasteiger partial charge in [-0.2, -0.15) is 0 Å². The first-order chi connectivity index (χ1) is 22.8. The second-order valence-electron chi connectivity index (χ2n) is 12.1. The van der Waals surface area contributed by atoms with Crippen LogP contribution < -0.4 is 4.74 Å². The highest BCUT2D eigenvalue weighted by molar-refractivity contribution is 6.19. The van der Waals surface area contributed by atoms with Crippen LogP contribution in [0.3, 0.4) is 0 Å². The van der Waals surface area contributed by atoms with Gasteiger partial charge in [-0.15, -0.1) is 0 Å². The van der Waals surface area contributed by atoms with E-state index in [0.29, 0.717) is 0 Å². The molecule has 0 aliphatic carbocycles. The summed E-state index contributed by atoms with van der Waals surface area (Å²) in [5.41, 5.74) is 10.7. The lowest BCUT2D eigenvalue weighted by atomic mass is 9.89. The Kier molecular flexibility index (Phi) is 5.31. The summed E-state index contributed by atoms with van der Waals surface area (Å²) < 4.78 is 8.91. The molecule has 0 amide bonds. The molecule has 2 heteroatoms. The van der Waals surface area contributed by atoms with Gasteiger partial charge in [0.1, 0.15) is 11.5 Å². The van der Waals surface area contributed by atoms with Crippen molar-refractivity contribution in [1.29, 1.82) is 0 Å². The fourth-order valence-electron chi connectivity index (χ4n) is 7.58. The standard InChI is InChI=1S/C44H27NO/c1-2-15-32-28(11-1)23-25-37-35-18-6-8-21-40(35)45(44(32)37)39-20-7-5-17-34(39)33-16-4-3-14-31(33)30-24-26-41-38(27-30)36-19-9-12-29-13-10-22-42(46-41)43(29)36/h1-27H. The number of benzene rings is 8. The van der Waals surface area contributed by atoms with E-state index in [2.05, 4.69) is 168 Å². The molecular weight excluding hydrogens is 558 g/mol. The lowest BCUT2D eigenvalue weighted by molar-refractivity contribution is 0.487. The molecule has 0 unspecified atom stereocenters. The van der Waals surface area contributed by atoms with Crippen LogP contribution in [-0.4, -0.2) is 4.57 Å². The predicted molar refractivity (Wildman–Crippen MR) is 192 cm³/mol. The molecule has 2 nitrogen and oxygen atoms in total. The molecule has 0 radical (unpaired) electrons. The Hall–Kier alpha value is -6.12. The first-order valence-electron chi connectivity index (χ1n) is 15.8. The molecule has 0 saturated carbocycles. The Bertz CT molecular complexity index is 2670. The van der Waals surface area contributed by atoms with Gasteiger partial charge in [0.05, 0.1) is 16.7 Å². The fourth-order valence-corrected chi connectivity index (χ4v) is 7.58. The maximum absolute atomic E-state index is 6.44. The number of hydrogen-bond donors (Lipinski definition) is 0. The van der Waals surface area contributed by atoms with Crippen molar-refractivity contribution in [2.45, 2.75) is 0 Å². The third-order valence-corrected chi connectivity index (χ3v) is 9.59. The average Bonchev–Trinajstić information content (AvgIpc) is 3.47. The van der Waals surface area contributed by atoms with Crippen LogP contribution in [0, 0.1) is 0 Å². The third kappa shape index (κ3) is 3.59. The van der Waals surface area contributed by atoms with Gasteiger partial charge in [-0.05, 0) is 63.4 Å². The molecule has 2 heterocycles. The second kappa shape index (κ2) is 9.69. The highest BCUT2D eigenvalue weighted by Gasteiger charge is 2.22. The molecule has 46 heavy (non-hydrogen) atoms. The number of aromatic nitrogens is 1. The number of fused-ring (bicyclic) bond motifs is 7. The summed E-state index contributed by atoms with van der Waals surface area (Å²) in [5, 5.41) is 7.39. The minimum absolute atomic E-state index is 0.894. The average molecular weight is 586 g/mol. The molecule has 1 aromatic heterocycles. The van der Waals surface area contributed by atoms with Crippen LogP contribution >= 0.6 is 0 Å². The van der Waals surface area contributed by atoms with Gasteiger partial charge >= 0.3 is 0 Å². The van der Waals surface area contributed by atoms with Crippen LogP contribution in [0.5, 0.6) is 11.5 Å². The van der Waals surface area contributed by atoms with Crippen molar-refractivity contribution >= 4 is 43.4 Å². The quantitative estimate of drug-likeness (QED) is 0.201. The Morgan fingerprint density at radius 2 is 1.09 bits per heavy atom. The number of para-hydroxylation sites is 2. The lowest BCUT2D eigenvalue weighted by Crippen LogP contribution is -1.99. The Balaban J connectivity index is 1.22. The third-order valence-electron chi connectivity index (χ3n) is 9.59.